The first-order chi connectivity index (χ1) is 13.2. The van der Waals surface area contributed by atoms with Crippen LogP contribution in [-0.2, 0) is 4.79 Å². The molecule has 0 unspecified atom stereocenters. The summed E-state index contributed by atoms with van der Waals surface area (Å²) in [5.74, 6) is 0.332. The molecule has 6 nitrogen and oxygen atoms in total. The van der Waals surface area contributed by atoms with Crippen LogP contribution in [0.4, 0.5) is 5.69 Å². The Hall–Kier alpha value is -3.54. The molecule has 3 rings (SSSR count). The molecule has 0 aliphatic heterocycles. The lowest BCUT2D eigenvalue weighted by atomic mass is 10.2. The van der Waals surface area contributed by atoms with Crippen molar-refractivity contribution in [3.63, 3.8) is 0 Å². The van der Waals surface area contributed by atoms with E-state index in [4.69, 9.17) is 0 Å². The fraction of sp³-hybridized carbons (Fsp3) is 0.143. The van der Waals surface area contributed by atoms with E-state index in [0.29, 0.717) is 36.5 Å². The van der Waals surface area contributed by atoms with Crippen LogP contribution in [0.25, 0.3) is 11.4 Å². The van der Waals surface area contributed by atoms with Crippen LogP contribution in [0.1, 0.15) is 23.2 Å². The maximum Gasteiger partial charge on any atom is 0.251 e. The van der Waals surface area contributed by atoms with Crippen molar-refractivity contribution in [3.8, 4) is 11.4 Å². The van der Waals surface area contributed by atoms with Gasteiger partial charge in [-0.25, -0.2) is 9.97 Å². The third kappa shape index (κ3) is 5.47. The molecule has 0 saturated heterocycles. The zero-order valence-electron chi connectivity index (χ0n) is 14.8. The van der Waals surface area contributed by atoms with Crippen molar-refractivity contribution in [2.75, 3.05) is 11.9 Å². The van der Waals surface area contributed by atoms with Crippen LogP contribution in [0.5, 0.6) is 0 Å². The van der Waals surface area contributed by atoms with E-state index in [1.54, 1.807) is 24.5 Å². The lowest BCUT2D eigenvalue weighted by Gasteiger charge is -2.07. The molecule has 0 fully saturated rings. The van der Waals surface area contributed by atoms with E-state index in [-0.39, 0.29) is 11.8 Å². The molecular weight excluding hydrogens is 340 g/mol. The van der Waals surface area contributed by atoms with Crippen LogP contribution in [-0.4, -0.2) is 28.3 Å². The summed E-state index contributed by atoms with van der Waals surface area (Å²) in [7, 11) is 0. The molecular formula is C21H20N4O2. The second-order valence-corrected chi connectivity index (χ2v) is 5.94. The molecule has 0 spiro atoms. The van der Waals surface area contributed by atoms with Gasteiger partial charge >= 0.3 is 0 Å². The second kappa shape index (κ2) is 9.24. The van der Waals surface area contributed by atoms with Crippen molar-refractivity contribution in [2.24, 2.45) is 0 Å². The molecule has 136 valence electrons. The summed E-state index contributed by atoms with van der Waals surface area (Å²) in [5, 5.41) is 5.56. The van der Waals surface area contributed by atoms with E-state index in [1.165, 1.54) is 0 Å². The van der Waals surface area contributed by atoms with Gasteiger partial charge in [0.2, 0.25) is 5.91 Å². The minimum Gasteiger partial charge on any atom is -0.352 e. The molecule has 27 heavy (non-hydrogen) atoms. The van der Waals surface area contributed by atoms with Crippen LogP contribution < -0.4 is 10.6 Å². The molecule has 0 aliphatic rings. The van der Waals surface area contributed by atoms with Gasteiger partial charge in [0.05, 0.1) is 18.1 Å². The quantitative estimate of drug-likeness (QED) is 0.633. The van der Waals surface area contributed by atoms with Gasteiger partial charge in [0.15, 0.2) is 5.82 Å². The van der Waals surface area contributed by atoms with Gasteiger partial charge in [-0.15, -0.1) is 0 Å². The molecule has 1 aromatic heterocycles. The minimum absolute atomic E-state index is 0.138. The molecule has 2 amide bonds. The lowest BCUT2D eigenvalue weighted by Crippen LogP contribution is -2.25. The minimum atomic E-state index is -0.139. The molecule has 0 saturated carbocycles. The molecule has 1 heterocycles. The third-order valence-electron chi connectivity index (χ3n) is 3.87. The first kappa shape index (κ1) is 18.3. The summed E-state index contributed by atoms with van der Waals surface area (Å²) in [6, 6.07) is 18.6. The van der Waals surface area contributed by atoms with Crippen molar-refractivity contribution in [3.05, 3.63) is 78.6 Å². The van der Waals surface area contributed by atoms with Gasteiger partial charge in [-0.3, -0.25) is 9.59 Å². The molecule has 3 aromatic rings. The maximum atomic E-state index is 12.0. The summed E-state index contributed by atoms with van der Waals surface area (Å²) in [4.78, 5) is 32.4. The van der Waals surface area contributed by atoms with E-state index >= 15 is 0 Å². The van der Waals surface area contributed by atoms with Gasteiger partial charge in [0, 0.05) is 24.1 Å². The molecule has 6 heteroatoms. The zero-order chi connectivity index (χ0) is 18.9. The summed E-state index contributed by atoms with van der Waals surface area (Å²) >= 11 is 0. The molecule has 0 atom stereocenters. The number of carbonyl (C=O) groups is 2. The van der Waals surface area contributed by atoms with Crippen LogP contribution in [0, 0.1) is 0 Å². The highest BCUT2D eigenvalue weighted by Crippen LogP contribution is 2.14. The Labute approximate surface area is 157 Å². The van der Waals surface area contributed by atoms with Crippen LogP contribution in [0.2, 0.25) is 0 Å². The number of nitrogens with one attached hydrogen (secondary N) is 2. The predicted molar refractivity (Wildman–Crippen MR) is 104 cm³/mol. The van der Waals surface area contributed by atoms with E-state index < -0.39 is 0 Å². The Morgan fingerprint density at radius 1 is 0.852 bits per heavy atom. The normalized spacial score (nSPS) is 10.2. The van der Waals surface area contributed by atoms with Crippen molar-refractivity contribution in [2.45, 2.75) is 12.8 Å². The Morgan fingerprint density at radius 3 is 2.15 bits per heavy atom. The Bertz CT molecular complexity index is 881. The van der Waals surface area contributed by atoms with Crippen molar-refractivity contribution in [1.82, 2.24) is 15.3 Å². The average Bonchev–Trinajstić information content (AvgIpc) is 2.73. The van der Waals surface area contributed by atoms with E-state index in [2.05, 4.69) is 20.6 Å². The van der Waals surface area contributed by atoms with E-state index in [0.717, 1.165) is 5.56 Å². The number of benzene rings is 2. The highest BCUT2D eigenvalue weighted by Gasteiger charge is 2.07. The molecule has 0 aliphatic carbocycles. The fourth-order valence-corrected chi connectivity index (χ4v) is 2.49. The largest absolute Gasteiger partial charge is 0.352 e. The molecule has 2 N–H and O–H groups in total. The predicted octanol–water partition coefficient (Wildman–Crippen LogP) is 3.29. The van der Waals surface area contributed by atoms with Gasteiger partial charge in [-0.05, 0) is 18.6 Å². The highest BCUT2D eigenvalue weighted by molar-refractivity contribution is 5.94. The summed E-state index contributed by atoms with van der Waals surface area (Å²) in [6.45, 7) is 0.435. The van der Waals surface area contributed by atoms with Gasteiger partial charge in [0.25, 0.3) is 5.91 Å². The van der Waals surface area contributed by atoms with Crippen molar-refractivity contribution in [1.29, 1.82) is 0 Å². The van der Waals surface area contributed by atoms with Gasteiger partial charge in [-0.2, -0.15) is 0 Å². The first-order valence-corrected chi connectivity index (χ1v) is 8.73. The molecule has 2 aromatic carbocycles. The maximum absolute atomic E-state index is 12.0. The Kier molecular flexibility index (Phi) is 6.25. The zero-order valence-corrected chi connectivity index (χ0v) is 14.8. The molecule has 0 radical (unpaired) electrons. The smallest absolute Gasteiger partial charge is 0.251 e. The number of rotatable bonds is 7. The summed E-state index contributed by atoms with van der Waals surface area (Å²) < 4.78 is 0. The Morgan fingerprint density at radius 2 is 1.48 bits per heavy atom. The SMILES string of the molecule is O=C(CCCNC(=O)c1ccccc1)Nc1cnc(-c2ccccc2)nc1. The molecule has 0 bridgehead atoms. The monoisotopic (exact) mass is 360 g/mol. The van der Waals surface area contributed by atoms with Crippen molar-refractivity contribution >= 4 is 17.5 Å². The number of aromatic nitrogens is 2. The van der Waals surface area contributed by atoms with Crippen LogP contribution in [0.3, 0.4) is 0 Å². The van der Waals surface area contributed by atoms with E-state index in [9.17, 15) is 9.59 Å². The van der Waals surface area contributed by atoms with Gasteiger partial charge < -0.3 is 10.6 Å². The average molecular weight is 360 g/mol. The number of amides is 2. The van der Waals surface area contributed by atoms with E-state index in [1.807, 2.05) is 48.5 Å². The second-order valence-electron chi connectivity index (χ2n) is 5.94. The Balaban J connectivity index is 1.41. The summed E-state index contributed by atoms with van der Waals surface area (Å²) in [5.41, 5.74) is 2.08. The number of hydrogen-bond acceptors (Lipinski definition) is 4. The summed E-state index contributed by atoms with van der Waals surface area (Å²) in [6.07, 6.45) is 4.03. The standard InChI is InChI=1S/C21H20N4O2/c26-19(12-7-13-22-21(27)17-10-5-2-6-11-17)25-18-14-23-20(24-15-18)16-8-3-1-4-9-16/h1-6,8-11,14-15H,7,12-13H2,(H,22,27)(H,25,26). The van der Waals surface area contributed by atoms with Crippen LogP contribution in [0.15, 0.2) is 73.1 Å². The number of anilines is 1. The van der Waals surface area contributed by atoms with Crippen molar-refractivity contribution < 1.29 is 9.59 Å². The highest BCUT2D eigenvalue weighted by atomic mass is 16.2. The number of hydrogen-bond donors (Lipinski definition) is 2. The van der Waals surface area contributed by atoms with Crippen LogP contribution >= 0.6 is 0 Å². The van der Waals surface area contributed by atoms with Gasteiger partial charge in [-0.1, -0.05) is 48.5 Å². The topological polar surface area (TPSA) is 84.0 Å². The third-order valence-corrected chi connectivity index (χ3v) is 3.87. The lowest BCUT2D eigenvalue weighted by molar-refractivity contribution is -0.116. The number of carbonyl (C=O) groups excluding carboxylic acids is 2. The fourth-order valence-electron chi connectivity index (χ4n) is 2.49. The first-order valence-electron chi connectivity index (χ1n) is 8.73. The number of nitrogens with zero attached hydrogens (tertiary/aromatic N) is 2. The van der Waals surface area contributed by atoms with Gasteiger partial charge in [0.1, 0.15) is 0 Å².